The summed E-state index contributed by atoms with van der Waals surface area (Å²) in [5.74, 6) is -1.06. The van der Waals surface area contributed by atoms with Gasteiger partial charge in [-0.05, 0) is 35.9 Å². The lowest BCUT2D eigenvalue weighted by Gasteiger charge is -2.01. The maximum absolute atomic E-state index is 12.5. The predicted molar refractivity (Wildman–Crippen MR) is 104 cm³/mol. The number of anilines is 1. The zero-order valence-electron chi connectivity index (χ0n) is 14.1. The van der Waals surface area contributed by atoms with Crippen LogP contribution >= 0.6 is 22.9 Å². The van der Waals surface area contributed by atoms with Crippen molar-refractivity contribution >= 4 is 40.2 Å². The van der Waals surface area contributed by atoms with E-state index in [0.29, 0.717) is 27.6 Å². The van der Waals surface area contributed by atoms with Gasteiger partial charge in [-0.2, -0.15) is 0 Å². The Morgan fingerprint density at radius 2 is 1.93 bits per heavy atom. The smallest absolute Gasteiger partial charge is 0.339 e. The first-order valence-electron chi connectivity index (χ1n) is 7.52. The molecular weight excluding hydrogens is 393 g/mol. The quantitative estimate of drug-likeness (QED) is 0.594. The Bertz CT molecular complexity index is 957. The Morgan fingerprint density at radius 3 is 2.48 bits per heavy atom. The average Bonchev–Trinajstić information content (AvgIpc) is 3.04. The summed E-state index contributed by atoms with van der Waals surface area (Å²) in [4.78, 5) is 21.3. The molecule has 0 aliphatic heterocycles. The Morgan fingerprint density at radius 1 is 1.26 bits per heavy atom. The van der Waals surface area contributed by atoms with E-state index in [2.05, 4.69) is 0 Å². The normalized spacial score (nSPS) is 9.89. The predicted octanol–water partition coefficient (Wildman–Crippen LogP) is 5.00. The van der Waals surface area contributed by atoms with Crippen LogP contribution in [0.15, 0.2) is 47.8 Å². The first-order chi connectivity index (χ1) is 12.9. The first-order valence-corrected chi connectivity index (χ1v) is 8.78. The number of rotatable bonds is 4. The average molecular weight is 408 g/mol. The van der Waals surface area contributed by atoms with Gasteiger partial charge in [0.25, 0.3) is 0 Å². The van der Waals surface area contributed by atoms with Crippen LogP contribution in [0.5, 0.6) is 5.75 Å². The molecule has 0 amide bonds. The standard InChI is InChI=1S/C11H8ClNO2S.C8H7FO2/c12-7-3-1-6(2-4-7)8-5-16-10(13)9(8)11(14)15;1-11-8-3-2-7(9)4-6(8)5-10/h1-5H,13H2,(H,14,15);2-5H,1H3. The van der Waals surface area contributed by atoms with Gasteiger partial charge >= 0.3 is 5.97 Å². The van der Waals surface area contributed by atoms with E-state index in [1.807, 2.05) is 0 Å². The number of halogens is 2. The molecule has 0 radical (unpaired) electrons. The van der Waals surface area contributed by atoms with Gasteiger partial charge in [-0.25, -0.2) is 9.18 Å². The number of nitrogen functional groups attached to an aromatic ring is 1. The second kappa shape index (κ2) is 9.16. The van der Waals surface area contributed by atoms with Crippen LogP contribution in [-0.2, 0) is 0 Å². The third-order valence-corrected chi connectivity index (χ3v) is 4.57. The highest BCUT2D eigenvalue weighted by Crippen LogP contribution is 2.33. The monoisotopic (exact) mass is 407 g/mol. The van der Waals surface area contributed by atoms with Crippen molar-refractivity contribution in [2.75, 3.05) is 12.8 Å². The number of methoxy groups -OCH3 is 1. The molecule has 0 aliphatic rings. The summed E-state index contributed by atoms with van der Waals surface area (Å²) in [5, 5.41) is 11.7. The highest BCUT2D eigenvalue weighted by molar-refractivity contribution is 7.14. The maximum Gasteiger partial charge on any atom is 0.339 e. The minimum atomic E-state index is -1.01. The first kappa shape index (κ1) is 20.4. The van der Waals surface area contributed by atoms with Crippen molar-refractivity contribution in [1.82, 2.24) is 0 Å². The van der Waals surface area contributed by atoms with Gasteiger partial charge in [-0.1, -0.05) is 23.7 Å². The van der Waals surface area contributed by atoms with Crippen LogP contribution in [0.2, 0.25) is 5.02 Å². The van der Waals surface area contributed by atoms with Gasteiger partial charge in [0.1, 0.15) is 22.1 Å². The van der Waals surface area contributed by atoms with Crippen molar-refractivity contribution < 1.29 is 23.8 Å². The Kier molecular flexibility index (Phi) is 6.92. The van der Waals surface area contributed by atoms with Crippen LogP contribution in [0.1, 0.15) is 20.7 Å². The number of aromatic carboxylic acids is 1. The molecule has 5 nitrogen and oxygen atoms in total. The van der Waals surface area contributed by atoms with E-state index in [-0.39, 0.29) is 11.1 Å². The van der Waals surface area contributed by atoms with E-state index in [1.54, 1.807) is 29.6 Å². The van der Waals surface area contributed by atoms with Gasteiger partial charge in [0.2, 0.25) is 0 Å². The summed E-state index contributed by atoms with van der Waals surface area (Å²) in [6.07, 6.45) is 0.557. The molecule has 0 saturated carbocycles. The fourth-order valence-electron chi connectivity index (χ4n) is 2.23. The van der Waals surface area contributed by atoms with E-state index in [4.69, 9.17) is 27.2 Å². The SMILES string of the molecule is COc1ccc(F)cc1C=O.Nc1scc(-c2ccc(Cl)cc2)c1C(=O)O. The molecule has 1 aromatic heterocycles. The van der Waals surface area contributed by atoms with Crippen molar-refractivity contribution in [2.24, 2.45) is 0 Å². The summed E-state index contributed by atoms with van der Waals surface area (Å²) >= 11 is 6.99. The Hall–Kier alpha value is -2.90. The third-order valence-electron chi connectivity index (χ3n) is 3.51. The number of hydrogen-bond donors (Lipinski definition) is 2. The number of carboxylic acid groups (broad SMARTS) is 1. The molecule has 2 aromatic carbocycles. The van der Waals surface area contributed by atoms with E-state index in [9.17, 15) is 14.0 Å². The number of ether oxygens (including phenoxy) is 1. The highest BCUT2D eigenvalue weighted by Gasteiger charge is 2.17. The number of benzene rings is 2. The molecule has 140 valence electrons. The van der Waals surface area contributed by atoms with E-state index < -0.39 is 11.8 Å². The molecule has 3 N–H and O–H groups in total. The number of nitrogens with two attached hydrogens (primary N) is 1. The van der Waals surface area contributed by atoms with Gasteiger partial charge in [-0.3, -0.25) is 4.79 Å². The van der Waals surface area contributed by atoms with Crippen molar-refractivity contribution in [3.63, 3.8) is 0 Å². The van der Waals surface area contributed by atoms with Crippen molar-refractivity contribution in [2.45, 2.75) is 0 Å². The van der Waals surface area contributed by atoms with Gasteiger partial charge < -0.3 is 15.6 Å². The molecule has 0 saturated heterocycles. The van der Waals surface area contributed by atoms with Crippen LogP contribution in [-0.4, -0.2) is 24.5 Å². The molecule has 3 aromatic rings. The van der Waals surface area contributed by atoms with Crippen LogP contribution in [0.4, 0.5) is 9.39 Å². The lowest BCUT2D eigenvalue weighted by molar-refractivity contribution is 0.0699. The van der Waals surface area contributed by atoms with Crippen molar-refractivity contribution in [3.05, 3.63) is 69.8 Å². The summed E-state index contributed by atoms with van der Waals surface area (Å²) in [5.41, 5.74) is 7.44. The fourth-order valence-corrected chi connectivity index (χ4v) is 3.17. The zero-order valence-corrected chi connectivity index (χ0v) is 15.7. The number of aldehydes is 1. The second-order valence-corrected chi connectivity index (χ2v) is 6.55. The lowest BCUT2D eigenvalue weighted by Crippen LogP contribution is -2.00. The van der Waals surface area contributed by atoms with Gasteiger partial charge in [0, 0.05) is 16.0 Å². The molecule has 8 heteroatoms. The minimum Gasteiger partial charge on any atom is -0.496 e. The molecule has 0 fully saturated rings. The summed E-state index contributed by atoms with van der Waals surface area (Å²) in [6.45, 7) is 0. The molecular formula is C19H15ClFNO4S. The number of thiophene rings is 1. The fraction of sp³-hybridized carbons (Fsp3) is 0.0526. The summed E-state index contributed by atoms with van der Waals surface area (Å²) < 4.78 is 17.2. The van der Waals surface area contributed by atoms with Crippen molar-refractivity contribution in [3.8, 4) is 16.9 Å². The molecule has 3 rings (SSSR count). The second-order valence-electron chi connectivity index (χ2n) is 5.20. The number of hydrogen-bond acceptors (Lipinski definition) is 5. The molecule has 0 bridgehead atoms. The zero-order chi connectivity index (χ0) is 20.0. The third kappa shape index (κ3) is 5.06. The summed E-state index contributed by atoms with van der Waals surface area (Å²) in [7, 11) is 1.43. The molecule has 0 unspecified atom stereocenters. The molecule has 0 atom stereocenters. The Balaban J connectivity index is 0.000000208. The number of carboxylic acids is 1. The largest absolute Gasteiger partial charge is 0.496 e. The van der Waals surface area contributed by atoms with Crippen LogP contribution in [0, 0.1) is 5.82 Å². The molecule has 0 aliphatic carbocycles. The van der Waals surface area contributed by atoms with Gasteiger partial charge in [0.05, 0.1) is 12.7 Å². The highest BCUT2D eigenvalue weighted by atomic mass is 35.5. The maximum atomic E-state index is 12.5. The summed E-state index contributed by atoms with van der Waals surface area (Å²) in [6, 6.07) is 10.8. The molecule has 27 heavy (non-hydrogen) atoms. The van der Waals surface area contributed by atoms with E-state index in [1.165, 1.54) is 30.6 Å². The topological polar surface area (TPSA) is 89.6 Å². The van der Waals surface area contributed by atoms with Gasteiger partial charge in [0.15, 0.2) is 6.29 Å². The van der Waals surface area contributed by atoms with Crippen LogP contribution in [0.25, 0.3) is 11.1 Å². The number of carbonyl (C=O) groups excluding carboxylic acids is 1. The lowest BCUT2D eigenvalue weighted by atomic mass is 10.0. The van der Waals surface area contributed by atoms with Crippen LogP contribution < -0.4 is 10.5 Å². The minimum absolute atomic E-state index is 0.160. The molecule has 0 spiro atoms. The van der Waals surface area contributed by atoms with Gasteiger partial charge in [-0.15, -0.1) is 11.3 Å². The van der Waals surface area contributed by atoms with Crippen LogP contribution in [0.3, 0.4) is 0 Å². The molecule has 1 heterocycles. The van der Waals surface area contributed by atoms with Crippen molar-refractivity contribution in [1.29, 1.82) is 0 Å². The van der Waals surface area contributed by atoms with E-state index in [0.717, 1.165) is 11.6 Å². The van der Waals surface area contributed by atoms with E-state index >= 15 is 0 Å². The number of carbonyl (C=O) groups is 2. The Labute approximate surface area is 163 Å².